The zero-order chi connectivity index (χ0) is 14.5. The van der Waals surface area contributed by atoms with Gasteiger partial charge in [0.1, 0.15) is 12.7 Å². The summed E-state index contributed by atoms with van der Waals surface area (Å²) in [5.41, 5.74) is 2.72. The summed E-state index contributed by atoms with van der Waals surface area (Å²) >= 11 is 0. The highest BCUT2D eigenvalue weighted by atomic mass is 16.1. The summed E-state index contributed by atoms with van der Waals surface area (Å²) in [7, 11) is 0. The normalized spacial score (nSPS) is 14.6. The average Bonchev–Trinajstić information content (AvgIpc) is 3.08. The van der Waals surface area contributed by atoms with Gasteiger partial charge in [-0.3, -0.25) is 4.79 Å². The first-order valence-corrected chi connectivity index (χ1v) is 6.95. The van der Waals surface area contributed by atoms with Crippen LogP contribution in [0, 0.1) is 0 Å². The first kappa shape index (κ1) is 13.5. The van der Waals surface area contributed by atoms with Crippen LogP contribution in [0.4, 0.5) is 0 Å². The van der Waals surface area contributed by atoms with Gasteiger partial charge in [0, 0.05) is 18.7 Å². The van der Waals surface area contributed by atoms with E-state index in [0.717, 1.165) is 25.2 Å². The van der Waals surface area contributed by atoms with Gasteiger partial charge in [-0.1, -0.05) is 17.7 Å². The first-order valence-electron chi connectivity index (χ1n) is 6.95. The van der Waals surface area contributed by atoms with Crippen LogP contribution in [0.25, 0.3) is 5.69 Å². The van der Waals surface area contributed by atoms with E-state index in [1.54, 1.807) is 23.1 Å². The number of benzene rings is 1. The Bertz CT molecular complexity index is 648. The van der Waals surface area contributed by atoms with Gasteiger partial charge in [0.05, 0.1) is 5.69 Å². The van der Waals surface area contributed by atoms with Gasteiger partial charge < -0.3 is 10.6 Å². The van der Waals surface area contributed by atoms with Crippen molar-refractivity contribution >= 4 is 5.91 Å². The fourth-order valence-corrected chi connectivity index (χ4v) is 2.26. The molecule has 0 saturated heterocycles. The van der Waals surface area contributed by atoms with Gasteiger partial charge in [-0.25, -0.2) is 9.67 Å². The van der Waals surface area contributed by atoms with Gasteiger partial charge in [0.15, 0.2) is 0 Å². The second kappa shape index (κ2) is 6.32. The summed E-state index contributed by atoms with van der Waals surface area (Å²) in [6, 6.07) is 7.34. The molecule has 6 heteroatoms. The third-order valence-electron chi connectivity index (χ3n) is 3.43. The molecule has 0 aliphatic carbocycles. The van der Waals surface area contributed by atoms with Crippen molar-refractivity contribution in [1.29, 1.82) is 0 Å². The molecule has 0 spiro atoms. The maximum absolute atomic E-state index is 12.2. The smallest absolute Gasteiger partial charge is 0.251 e. The summed E-state index contributed by atoms with van der Waals surface area (Å²) in [5, 5.41) is 10.3. The molecule has 1 aromatic carbocycles. The Hall–Kier alpha value is -2.47. The zero-order valence-electron chi connectivity index (χ0n) is 11.6. The molecule has 0 atom stereocenters. The van der Waals surface area contributed by atoms with Gasteiger partial charge in [-0.2, -0.15) is 5.10 Å². The summed E-state index contributed by atoms with van der Waals surface area (Å²) in [5.74, 6) is -0.0728. The zero-order valence-corrected chi connectivity index (χ0v) is 11.6. The number of aromatic nitrogens is 3. The molecule has 0 saturated carbocycles. The lowest BCUT2D eigenvalue weighted by Gasteiger charge is -2.14. The van der Waals surface area contributed by atoms with Crippen molar-refractivity contribution in [3.63, 3.8) is 0 Å². The SMILES string of the molecule is O=C(NCC1=CCNCC1)c1cccc(-n2cncn2)c1. The molecule has 21 heavy (non-hydrogen) atoms. The van der Waals surface area contributed by atoms with Crippen molar-refractivity contribution in [2.24, 2.45) is 0 Å². The van der Waals surface area contributed by atoms with Gasteiger partial charge in [-0.15, -0.1) is 0 Å². The minimum atomic E-state index is -0.0728. The van der Waals surface area contributed by atoms with Crippen LogP contribution in [0.15, 0.2) is 48.6 Å². The number of rotatable bonds is 4. The Labute approximate surface area is 122 Å². The van der Waals surface area contributed by atoms with Crippen molar-refractivity contribution in [3.8, 4) is 5.69 Å². The molecule has 1 aromatic heterocycles. The molecular formula is C15H17N5O. The molecule has 0 fully saturated rings. The predicted molar refractivity (Wildman–Crippen MR) is 79.3 cm³/mol. The molecule has 1 amide bonds. The van der Waals surface area contributed by atoms with Crippen LogP contribution in [0.2, 0.25) is 0 Å². The van der Waals surface area contributed by atoms with E-state index in [1.807, 2.05) is 12.1 Å². The van der Waals surface area contributed by atoms with E-state index in [9.17, 15) is 4.79 Å². The van der Waals surface area contributed by atoms with Crippen molar-refractivity contribution in [3.05, 3.63) is 54.1 Å². The molecule has 108 valence electrons. The van der Waals surface area contributed by atoms with Crippen LogP contribution >= 0.6 is 0 Å². The molecule has 0 radical (unpaired) electrons. The van der Waals surface area contributed by atoms with Crippen molar-refractivity contribution in [2.75, 3.05) is 19.6 Å². The highest BCUT2D eigenvalue weighted by molar-refractivity contribution is 5.94. The minimum absolute atomic E-state index is 0.0728. The van der Waals surface area contributed by atoms with Crippen LogP contribution in [0.1, 0.15) is 16.8 Å². The monoisotopic (exact) mass is 283 g/mol. The third-order valence-corrected chi connectivity index (χ3v) is 3.43. The standard InChI is InChI=1S/C15H17N5O/c21-15(18-9-12-4-6-16-7-5-12)13-2-1-3-14(8-13)20-11-17-10-19-20/h1-4,8,10-11,16H,5-7,9H2,(H,18,21). The summed E-state index contributed by atoms with van der Waals surface area (Å²) in [4.78, 5) is 16.1. The molecule has 0 bridgehead atoms. The Morgan fingerprint density at radius 1 is 1.43 bits per heavy atom. The maximum atomic E-state index is 12.2. The summed E-state index contributed by atoms with van der Waals surface area (Å²) < 4.78 is 1.63. The van der Waals surface area contributed by atoms with E-state index in [2.05, 4.69) is 26.8 Å². The van der Waals surface area contributed by atoms with E-state index >= 15 is 0 Å². The summed E-state index contributed by atoms with van der Waals surface area (Å²) in [6.45, 7) is 2.46. The highest BCUT2D eigenvalue weighted by Crippen LogP contribution is 2.09. The van der Waals surface area contributed by atoms with Crippen LogP contribution in [-0.2, 0) is 0 Å². The lowest BCUT2D eigenvalue weighted by Crippen LogP contribution is -2.29. The van der Waals surface area contributed by atoms with Crippen LogP contribution in [0.3, 0.4) is 0 Å². The quantitative estimate of drug-likeness (QED) is 0.818. The van der Waals surface area contributed by atoms with E-state index in [-0.39, 0.29) is 5.91 Å². The molecule has 3 rings (SSSR count). The number of hydrogen-bond donors (Lipinski definition) is 2. The number of nitrogens with zero attached hydrogens (tertiary/aromatic N) is 3. The Morgan fingerprint density at radius 3 is 3.14 bits per heavy atom. The second-order valence-electron chi connectivity index (χ2n) is 4.89. The van der Waals surface area contributed by atoms with Gasteiger partial charge in [0.25, 0.3) is 5.91 Å². The number of carbonyl (C=O) groups excluding carboxylic acids is 1. The molecule has 2 heterocycles. The minimum Gasteiger partial charge on any atom is -0.348 e. The molecular weight excluding hydrogens is 266 g/mol. The summed E-state index contributed by atoms with van der Waals surface area (Å²) in [6.07, 6.45) is 6.20. The van der Waals surface area contributed by atoms with E-state index < -0.39 is 0 Å². The van der Waals surface area contributed by atoms with Crippen LogP contribution in [0.5, 0.6) is 0 Å². The lowest BCUT2D eigenvalue weighted by molar-refractivity contribution is 0.0956. The maximum Gasteiger partial charge on any atom is 0.251 e. The predicted octanol–water partition coefficient (Wildman–Crippen LogP) is 0.917. The van der Waals surface area contributed by atoms with E-state index in [4.69, 9.17) is 0 Å². The van der Waals surface area contributed by atoms with E-state index in [1.165, 1.54) is 11.9 Å². The van der Waals surface area contributed by atoms with Crippen molar-refractivity contribution in [2.45, 2.75) is 6.42 Å². The largest absolute Gasteiger partial charge is 0.348 e. The molecule has 2 aromatic rings. The van der Waals surface area contributed by atoms with Crippen LogP contribution in [-0.4, -0.2) is 40.3 Å². The third kappa shape index (κ3) is 3.35. The molecule has 1 aliphatic heterocycles. The molecule has 0 unspecified atom stereocenters. The fourth-order valence-electron chi connectivity index (χ4n) is 2.26. The molecule has 1 aliphatic rings. The number of amides is 1. The van der Waals surface area contributed by atoms with E-state index in [0.29, 0.717) is 12.1 Å². The highest BCUT2D eigenvalue weighted by Gasteiger charge is 2.09. The lowest BCUT2D eigenvalue weighted by atomic mass is 10.1. The Balaban J connectivity index is 1.67. The Kier molecular flexibility index (Phi) is 4.07. The number of carbonyl (C=O) groups is 1. The van der Waals surface area contributed by atoms with Crippen LogP contribution < -0.4 is 10.6 Å². The first-order chi connectivity index (χ1) is 10.3. The van der Waals surface area contributed by atoms with Gasteiger partial charge in [-0.05, 0) is 31.2 Å². The van der Waals surface area contributed by atoms with Gasteiger partial charge >= 0.3 is 0 Å². The van der Waals surface area contributed by atoms with Gasteiger partial charge in [0.2, 0.25) is 0 Å². The number of hydrogen-bond acceptors (Lipinski definition) is 4. The van der Waals surface area contributed by atoms with Crippen molar-refractivity contribution in [1.82, 2.24) is 25.4 Å². The molecule has 2 N–H and O–H groups in total. The molecule has 6 nitrogen and oxygen atoms in total. The fraction of sp³-hybridized carbons (Fsp3) is 0.267. The second-order valence-corrected chi connectivity index (χ2v) is 4.89. The topological polar surface area (TPSA) is 71.8 Å². The van der Waals surface area contributed by atoms with Crippen molar-refractivity contribution < 1.29 is 4.79 Å². The number of nitrogens with one attached hydrogen (secondary N) is 2. The Morgan fingerprint density at radius 2 is 2.38 bits per heavy atom. The average molecular weight is 283 g/mol.